The summed E-state index contributed by atoms with van der Waals surface area (Å²) in [7, 11) is 0. The second kappa shape index (κ2) is 4.53. The maximum atomic E-state index is 10.7. The monoisotopic (exact) mass is 319 g/mol. The van der Waals surface area contributed by atoms with Crippen molar-refractivity contribution in [1.82, 2.24) is 14.5 Å². The Morgan fingerprint density at radius 3 is 2.50 bits per heavy atom. The third kappa shape index (κ3) is 1.98. The summed E-state index contributed by atoms with van der Waals surface area (Å²) in [6.45, 7) is 0. The fourth-order valence-corrected chi connectivity index (χ4v) is 1.72. The van der Waals surface area contributed by atoms with Crippen LogP contribution in [0.25, 0.3) is 5.95 Å². The van der Waals surface area contributed by atoms with Gasteiger partial charge in [0.2, 0.25) is 5.95 Å². The number of nitrogens with zero attached hydrogens (tertiary/aromatic N) is 3. The zero-order valence-electron chi connectivity index (χ0n) is 7.69. The van der Waals surface area contributed by atoms with Crippen molar-refractivity contribution in [2.24, 2.45) is 0 Å². The standard InChI is InChI=1S/C9H4BrCl2N3O/c10-6-7(11)13-9(14-8(6)12)15-3-1-2-5(15)4-16/h1-4H. The quantitative estimate of drug-likeness (QED) is 0.631. The van der Waals surface area contributed by atoms with Crippen LogP contribution in [-0.2, 0) is 0 Å². The first-order valence-corrected chi connectivity index (χ1v) is 5.70. The van der Waals surface area contributed by atoms with Crippen LogP contribution in [0.2, 0.25) is 10.3 Å². The fourth-order valence-electron chi connectivity index (χ4n) is 1.16. The van der Waals surface area contributed by atoms with Gasteiger partial charge >= 0.3 is 0 Å². The Bertz CT molecular complexity index is 532. The van der Waals surface area contributed by atoms with Gasteiger partial charge in [-0.2, -0.15) is 9.97 Å². The number of hydrogen-bond donors (Lipinski definition) is 0. The highest BCUT2D eigenvalue weighted by Gasteiger charge is 2.11. The zero-order chi connectivity index (χ0) is 11.7. The number of aromatic nitrogens is 3. The van der Waals surface area contributed by atoms with Gasteiger partial charge < -0.3 is 0 Å². The van der Waals surface area contributed by atoms with Crippen LogP contribution in [0.15, 0.2) is 22.8 Å². The van der Waals surface area contributed by atoms with E-state index in [2.05, 4.69) is 25.9 Å². The van der Waals surface area contributed by atoms with Crippen molar-refractivity contribution >= 4 is 45.4 Å². The van der Waals surface area contributed by atoms with Crippen LogP contribution in [0, 0.1) is 0 Å². The van der Waals surface area contributed by atoms with E-state index in [1.807, 2.05) is 0 Å². The van der Waals surface area contributed by atoms with E-state index >= 15 is 0 Å². The molecule has 0 aliphatic carbocycles. The van der Waals surface area contributed by atoms with E-state index in [-0.39, 0.29) is 16.3 Å². The number of aldehydes is 1. The zero-order valence-corrected chi connectivity index (χ0v) is 10.8. The van der Waals surface area contributed by atoms with Gasteiger partial charge in [-0.15, -0.1) is 0 Å². The lowest BCUT2D eigenvalue weighted by Crippen LogP contribution is -2.04. The topological polar surface area (TPSA) is 47.8 Å². The van der Waals surface area contributed by atoms with Crippen LogP contribution < -0.4 is 0 Å². The van der Waals surface area contributed by atoms with Crippen LogP contribution in [0.5, 0.6) is 0 Å². The molecule has 0 atom stereocenters. The minimum atomic E-state index is 0.195. The molecule has 0 fully saturated rings. The molecule has 0 bridgehead atoms. The maximum absolute atomic E-state index is 10.7. The van der Waals surface area contributed by atoms with Crippen LogP contribution in [0.1, 0.15) is 10.5 Å². The molecule has 2 heterocycles. The highest BCUT2D eigenvalue weighted by Crippen LogP contribution is 2.27. The predicted octanol–water partition coefficient (Wildman–Crippen LogP) is 3.15. The summed E-state index contributed by atoms with van der Waals surface area (Å²) in [5.41, 5.74) is 0.425. The molecule has 0 aliphatic rings. The Morgan fingerprint density at radius 1 is 1.31 bits per heavy atom. The number of hydrogen-bond acceptors (Lipinski definition) is 3. The molecule has 0 N–H and O–H groups in total. The first-order chi connectivity index (χ1) is 7.63. The summed E-state index contributed by atoms with van der Waals surface area (Å²) in [6.07, 6.45) is 2.35. The molecule has 82 valence electrons. The van der Waals surface area contributed by atoms with Gasteiger partial charge in [0.1, 0.15) is 10.3 Å². The summed E-state index contributed by atoms with van der Waals surface area (Å²) in [6, 6.07) is 3.34. The van der Waals surface area contributed by atoms with Crippen molar-refractivity contribution < 1.29 is 4.79 Å². The summed E-state index contributed by atoms with van der Waals surface area (Å²) >= 11 is 14.8. The predicted molar refractivity (Wildman–Crippen MR) is 64.5 cm³/mol. The minimum absolute atomic E-state index is 0.195. The van der Waals surface area contributed by atoms with Gasteiger partial charge in [0, 0.05) is 6.20 Å². The second-order valence-corrected chi connectivity index (χ2v) is 4.35. The van der Waals surface area contributed by atoms with Gasteiger partial charge in [-0.1, -0.05) is 23.2 Å². The van der Waals surface area contributed by atoms with Crippen LogP contribution >= 0.6 is 39.1 Å². The first kappa shape index (κ1) is 11.6. The molecule has 0 radical (unpaired) electrons. The van der Waals surface area contributed by atoms with Crippen molar-refractivity contribution in [3.05, 3.63) is 38.8 Å². The van der Waals surface area contributed by atoms with Gasteiger partial charge in [0.05, 0.1) is 10.2 Å². The molecule has 16 heavy (non-hydrogen) atoms. The number of carbonyl (C=O) groups is 1. The van der Waals surface area contributed by atoms with Crippen LogP contribution in [-0.4, -0.2) is 20.8 Å². The normalized spacial score (nSPS) is 10.4. The summed E-state index contributed by atoms with van der Waals surface area (Å²) in [5, 5.41) is 0.390. The molecular formula is C9H4BrCl2N3O. The van der Waals surface area contributed by atoms with Gasteiger partial charge in [-0.25, -0.2) is 0 Å². The average molecular weight is 321 g/mol. The summed E-state index contributed by atoms with van der Waals surface area (Å²) in [5.74, 6) is 0.255. The van der Waals surface area contributed by atoms with E-state index < -0.39 is 0 Å². The van der Waals surface area contributed by atoms with Crippen LogP contribution in [0.3, 0.4) is 0 Å². The van der Waals surface area contributed by atoms with Gasteiger partial charge in [-0.3, -0.25) is 9.36 Å². The van der Waals surface area contributed by atoms with Crippen molar-refractivity contribution in [2.45, 2.75) is 0 Å². The van der Waals surface area contributed by atoms with Gasteiger partial charge in [-0.05, 0) is 28.1 Å². The average Bonchev–Trinajstić information content (AvgIpc) is 2.73. The molecule has 0 unspecified atom stereocenters. The number of halogens is 3. The molecule has 0 saturated heterocycles. The number of carbonyl (C=O) groups excluding carboxylic acids is 1. The highest BCUT2D eigenvalue weighted by molar-refractivity contribution is 9.10. The molecule has 4 nitrogen and oxygen atoms in total. The maximum Gasteiger partial charge on any atom is 0.237 e. The Kier molecular flexibility index (Phi) is 3.28. The Morgan fingerprint density at radius 2 is 1.94 bits per heavy atom. The smallest absolute Gasteiger partial charge is 0.237 e. The molecule has 2 rings (SSSR count). The lowest BCUT2D eigenvalue weighted by atomic mass is 10.5. The largest absolute Gasteiger partial charge is 0.296 e. The third-order valence-corrected chi connectivity index (χ3v) is 3.63. The minimum Gasteiger partial charge on any atom is -0.296 e. The number of rotatable bonds is 2. The summed E-state index contributed by atoms with van der Waals surface area (Å²) < 4.78 is 1.93. The summed E-state index contributed by atoms with van der Waals surface area (Å²) in [4.78, 5) is 18.8. The molecule has 0 spiro atoms. The molecule has 0 aliphatic heterocycles. The first-order valence-electron chi connectivity index (χ1n) is 4.15. The van der Waals surface area contributed by atoms with E-state index in [0.717, 1.165) is 0 Å². The lowest BCUT2D eigenvalue weighted by molar-refractivity contribution is 0.111. The van der Waals surface area contributed by atoms with Crippen LogP contribution in [0.4, 0.5) is 0 Å². The van der Waals surface area contributed by atoms with E-state index in [4.69, 9.17) is 23.2 Å². The molecule has 0 aromatic carbocycles. The van der Waals surface area contributed by atoms with Gasteiger partial charge in [0.25, 0.3) is 0 Å². The second-order valence-electron chi connectivity index (χ2n) is 2.84. The van der Waals surface area contributed by atoms with Crippen molar-refractivity contribution in [3.63, 3.8) is 0 Å². The molecule has 0 amide bonds. The molecular weight excluding hydrogens is 317 g/mol. The van der Waals surface area contributed by atoms with Crippen molar-refractivity contribution in [2.75, 3.05) is 0 Å². The molecule has 0 saturated carbocycles. The van der Waals surface area contributed by atoms with Gasteiger partial charge in [0.15, 0.2) is 6.29 Å². The van der Waals surface area contributed by atoms with Crippen molar-refractivity contribution in [1.29, 1.82) is 0 Å². The van der Waals surface area contributed by atoms with Crippen molar-refractivity contribution in [3.8, 4) is 5.95 Å². The molecule has 7 heteroatoms. The third-order valence-electron chi connectivity index (χ3n) is 1.88. The molecule has 2 aromatic heterocycles. The highest BCUT2D eigenvalue weighted by atomic mass is 79.9. The fraction of sp³-hybridized carbons (Fsp3) is 0. The Labute approximate surface area is 109 Å². The Balaban J connectivity index is 2.61. The Hall–Kier alpha value is -0.910. The SMILES string of the molecule is O=Cc1cccn1-c1nc(Cl)c(Br)c(Cl)n1. The van der Waals surface area contributed by atoms with E-state index in [9.17, 15) is 4.79 Å². The van der Waals surface area contributed by atoms with E-state index in [1.165, 1.54) is 4.57 Å². The molecule has 2 aromatic rings. The van der Waals surface area contributed by atoms with E-state index in [0.29, 0.717) is 16.5 Å². The van der Waals surface area contributed by atoms with E-state index in [1.54, 1.807) is 18.3 Å². The lowest BCUT2D eigenvalue weighted by Gasteiger charge is -2.05.